The van der Waals surface area contributed by atoms with Crippen LogP contribution >= 0.6 is 0 Å². The third kappa shape index (κ3) is 3.57. The van der Waals surface area contributed by atoms with Gasteiger partial charge in [0.1, 0.15) is 17.6 Å². The molecule has 1 fully saturated rings. The molecule has 1 saturated heterocycles. The number of ketones is 1. The smallest absolute Gasteiger partial charge is 0.300 e. The van der Waals surface area contributed by atoms with Gasteiger partial charge in [0, 0.05) is 30.1 Å². The van der Waals surface area contributed by atoms with Crippen molar-refractivity contribution in [2.24, 2.45) is 0 Å². The Morgan fingerprint density at radius 1 is 1.15 bits per heavy atom. The average Bonchev–Trinajstić information content (AvgIpc) is 3.34. The summed E-state index contributed by atoms with van der Waals surface area (Å²) in [5.41, 5.74) is 3.88. The van der Waals surface area contributed by atoms with Crippen LogP contribution in [0.15, 0.2) is 72.6 Å². The van der Waals surface area contributed by atoms with Gasteiger partial charge in [0.05, 0.1) is 11.6 Å². The Kier molecular flexibility index (Phi) is 5.21. The fourth-order valence-corrected chi connectivity index (χ4v) is 4.57. The van der Waals surface area contributed by atoms with Crippen molar-refractivity contribution in [3.8, 4) is 5.75 Å². The molecule has 3 heterocycles. The standard InChI is InChI=1S/C27H24N2O4/c1-3-17-6-9-21(10-7-17)29-24(19-5-4-12-28-15-19)23(26(31)27(29)32)25(30)18-8-11-22-20(14-18)13-16(2)33-22/h4-12,14-16,24,30H,3,13H2,1-2H3/b25-23-. The maximum absolute atomic E-state index is 13.2. The van der Waals surface area contributed by atoms with Gasteiger partial charge >= 0.3 is 0 Å². The van der Waals surface area contributed by atoms with Crippen LogP contribution in [0, 0.1) is 0 Å². The fraction of sp³-hybridized carbons (Fsp3) is 0.222. The Morgan fingerprint density at radius 2 is 1.94 bits per heavy atom. The Bertz CT molecular complexity index is 1270. The molecule has 5 rings (SSSR count). The van der Waals surface area contributed by atoms with E-state index < -0.39 is 17.7 Å². The summed E-state index contributed by atoms with van der Waals surface area (Å²) in [6, 6.07) is 15.7. The Labute approximate surface area is 192 Å². The minimum absolute atomic E-state index is 0.0551. The molecule has 2 aliphatic rings. The van der Waals surface area contributed by atoms with E-state index in [9.17, 15) is 14.7 Å². The molecule has 2 aliphatic heterocycles. The van der Waals surface area contributed by atoms with Crippen LogP contribution in [-0.4, -0.2) is 27.9 Å². The fourth-order valence-electron chi connectivity index (χ4n) is 4.57. The van der Waals surface area contributed by atoms with Crippen molar-refractivity contribution in [3.05, 3.63) is 94.8 Å². The third-order valence-corrected chi connectivity index (χ3v) is 6.24. The molecular formula is C27H24N2O4. The van der Waals surface area contributed by atoms with Crippen LogP contribution in [-0.2, 0) is 22.4 Å². The highest BCUT2D eigenvalue weighted by Gasteiger charge is 2.47. The van der Waals surface area contributed by atoms with E-state index in [1.54, 1.807) is 30.6 Å². The monoisotopic (exact) mass is 440 g/mol. The first kappa shape index (κ1) is 20.9. The number of anilines is 1. The molecule has 2 atom stereocenters. The summed E-state index contributed by atoms with van der Waals surface area (Å²) in [6.45, 7) is 4.04. The number of hydrogen-bond acceptors (Lipinski definition) is 5. The SMILES string of the molecule is CCc1ccc(N2C(=O)C(=O)/C(=C(\O)c3ccc4c(c3)CC(C)O4)C2c2cccnc2)cc1. The molecule has 1 aromatic heterocycles. The molecule has 1 N–H and O–H groups in total. The van der Waals surface area contributed by atoms with Gasteiger partial charge in [-0.1, -0.05) is 25.1 Å². The molecule has 2 unspecified atom stereocenters. The number of aliphatic hydroxyl groups excluding tert-OH is 1. The van der Waals surface area contributed by atoms with Crippen molar-refractivity contribution in [2.75, 3.05) is 4.90 Å². The largest absolute Gasteiger partial charge is 0.507 e. The van der Waals surface area contributed by atoms with E-state index >= 15 is 0 Å². The number of hydrogen-bond donors (Lipinski definition) is 1. The first-order valence-electron chi connectivity index (χ1n) is 11.1. The van der Waals surface area contributed by atoms with Crippen molar-refractivity contribution >= 4 is 23.1 Å². The summed E-state index contributed by atoms with van der Waals surface area (Å²) in [4.78, 5) is 32.1. The highest BCUT2D eigenvalue weighted by atomic mass is 16.5. The number of fused-ring (bicyclic) bond motifs is 1. The summed E-state index contributed by atoms with van der Waals surface area (Å²) >= 11 is 0. The summed E-state index contributed by atoms with van der Waals surface area (Å²) in [6.07, 6.45) is 4.90. The number of nitrogens with zero attached hydrogens (tertiary/aromatic N) is 2. The number of carbonyl (C=O) groups is 2. The van der Waals surface area contributed by atoms with Gasteiger partial charge in [0.15, 0.2) is 0 Å². The molecule has 6 heteroatoms. The van der Waals surface area contributed by atoms with Gasteiger partial charge in [0.25, 0.3) is 11.7 Å². The Morgan fingerprint density at radius 3 is 2.64 bits per heavy atom. The summed E-state index contributed by atoms with van der Waals surface area (Å²) in [5.74, 6) is -0.810. The van der Waals surface area contributed by atoms with Crippen molar-refractivity contribution in [1.29, 1.82) is 0 Å². The first-order valence-corrected chi connectivity index (χ1v) is 11.1. The number of benzene rings is 2. The number of aryl methyl sites for hydroxylation is 1. The van der Waals surface area contributed by atoms with Crippen LogP contribution < -0.4 is 9.64 Å². The van der Waals surface area contributed by atoms with Crippen LogP contribution in [0.5, 0.6) is 5.75 Å². The Hall–Kier alpha value is -3.93. The second kappa shape index (κ2) is 8.20. The number of ether oxygens (including phenoxy) is 1. The molecule has 6 nitrogen and oxygen atoms in total. The van der Waals surface area contributed by atoms with Gasteiger partial charge in [0.2, 0.25) is 0 Å². The van der Waals surface area contributed by atoms with Crippen molar-refractivity contribution < 1.29 is 19.4 Å². The Balaban J connectivity index is 1.66. The van der Waals surface area contributed by atoms with Gasteiger partial charge in [-0.15, -0.1) is 0 Å². The van der Waals surface area contributed by atoms with Gasteiger partial charge < -0.3 is 9.84 Å². The number of carbonyl (C=O) groups excluding carboxylic acids is 2. The molecule has 2 aromatic carbocycles. The lowest BCUT2D eigenvalue weighted by molar-refractivity contribution is -0.132. The zero-order valence-electron chi connectivity index (χ0n) is 18.5. The molecule has 33 heavy (non-hydrogen) atoms. The first-order chi connectivity index (χ1) is 16.0. The molecule has 166 valence electrons. The van der Waals surface area contributed by atoms with Crippen LogP contribution in [0.2, 0.25) is 0 Å². The van der Waals surface area contributed by atoms with E-state index in [2.05, 4.69) is 11.9 Å². The maximum atomic E-state index is 13.2. The molecule has 0 aliphatic carbocycles. The van der Waals surface area contributed by atoms with Crippen LogP contribution in [0.1, 0.15) is 42.1 Å². The van der Waals surface area contributed by atoms with E-state index in [-0.39, 0.29) is 17.4 Å². The molecular weight excluding hydrogens is 416 g/mol. The quantitative estimate of drug-likeness (QED) is 0.365. The highest BCUT2D eigenvalue weighted by molar-refractivity contribution is 6.51. The van der Waals surface area contributed by atoms with Gasteiger partial charge in [-0.25, -0.2) is 0 Å². The number of Topliss-reactive ketones (excluding diaryl/α,β-unsaturated/α-hetero) is 1. The molecule has 0 radical (unpaired) electrons. The average molecular weight is 440 g/mol. The second-order valence-corrected chi connectivity index (χ2v) is 8.43. The number of rotatable bonds is 4. The van der Waals surface area contributed by atoms with E-state index in [4.69, 9.17) is 4.74 Å². The van der Waals surface area contributed by atoms with Crippen LogP contribution in [0.3, 0.4) is 0 Å². The zero-order valence-corrected chi connectivity index (χ0v) is 18.5. The molecule has 0 saturated carbocycles. The predicted octanol–water partition coefficient (Wildman–Crippen LogP) is 4.59. The lowest BCUT2D eigenvalue weighted by Crippen LogP contribution is -2.29. The highest BCUT2D eigenvalue weighted by Crippen LogP contribution is 2.42. The van der Waals surface area contributed by atoms with Crippen molar-refractivity contribution in [1.82, 2.24) is 4.98 Å². The lowest BCUT2D eigenvalue weighted by atomic mass is 9.95. The second-order valence-electron chi connectivity index (χ2n) is 8.43. The van der Waals surface area contributed by atoms with Crippen LogP contribution in [0.4, 0.5) is 5.69 Å². The van der Waals surface area contributed by atoms with E-state index in [1.165, 1.54) is 4.90 Å². The van der Waals surface area contributed by atoms with Gasteiger partial charge in [-0.05, 0) is 66.4 Å². The summed E-state index contributed by atoms with van der Waals surface area (Å²) in [5, 5.41) is 11.3. The van der Waals surface area contributed by atoms with Crippen molar-refractivity contribution in [3.63, 3.8) is 0 Å². The topological polar surface area (TPSA) is 79.7 Å². The number of pyridine rings is 1. The molecule has 0 bridgehead atoms. The zero-order chi connectivity index (χ0) is 23.1. The van der Waals surface area contributed by atoms with E-state index in [0.717, 1.165) is 29.7 Å². The molecule has 3 aromatic rings. The number of amides is 1. The summed E-state index contributed by atoms with van der Waals surface area (Å²) < 4.78 is 5.75. The van der Waals surface area contributed by atoms with Gasteiger partial charge in [-0.2, -0.15) is 0 Å². The molecule has 1 amide bonds. The minimum atomic E-state index is -0.783. The minimum Gasteiger partial charge on any atom is -0.507 e. The maximum Gasteiger partial charge on any atom is 0.300 e. The third-order valence-electron chi connectivity index (χ3n) is 6.24. The van der Waals surface area contributed by atoms with E-state index in [1.807, 2.05) is 43.3 Å². The predicted molar refractivity (Wildman–Crippen MR) is 125 cm³/mol. The normalized spacial score (nSPS) is 21.2. The number of aromatic nitrogens is 1. The van der Waals surface area contributed by atoms with Crippen LogP contribution in [0.25, 0.3) is 5.76 Å². The summed E-state index contributed by atoms with van der Waals surface area (Å²) in [7, 11) is 0. The van der Waals surface area contributed by atoms with Gasteiger partial charge in [-0.3, -0.25) is 19.5 Å². The van der Waals surface area contributed by atoms with E-state index in [0.29, 0.717) is 16.8 Å². The number of aliphatic hydroxyl groups is 1. The van der Waals surface area contributed by atoms with Crippen molar-refractivity contribution in [2.45, 2.75) is 38.8 Å². The lowest BCUT2D eigenvalue weighted by Gasteiger charge is -2.25. The molecule has 0 spiro atoms.